The molecule has 0 radical (unpaired) electrons. The monoisotopic (exact) mass is 412 g/mol. The Labute approximate surface area is 172 Å². The van der Waals surface area contributed by atoms with Crippen molar-refractivity contribution >= 4 is 28.9 Å². The number of hydrogen-bond acceptors (Lipinski definition) is 5. The van der Waals surface area contributed by atoms with Crippen LogP contribution >= 0.6 is 11.6 Å². The summed E-state index contributed by atoms with van der Waals surface area (Å²) in [5.41, 5.74) is 1.70. The number of ether oxygens (including phenoxy) is 2. The first kappa shape index (κ1) is 20.2. The lowest BCUT2D eigenvalue weighted by Gasteiger charge is -2.12. The van der Waals surface area contributed by atoms with Gasteiger partial charge in [-0.25, -0.2) is 0 Å². The molecule has 0 fully saturated rings. The maximum Gasteiger partial charge on any atom is 0.269 e. The van der Waals surface area contributed by atoms with E-state index in [2.05, 4.69) is 5.32 Å². The predicted molar refractivity (Wildman–Crippen MR) is 110 cm³/mol. The summed E-state index contributed by atoms with van der Waals surface area (Å²) >= 11 is 5.87. The summed E-state index contributed by atoms with van der Waals surface area (Å²) in [5.74, 6) is 0.533. The van der Waals surface area contributed by atoms with Crippen molar-refractivity contribution < 1.29 is 19.2 Å². The molecule has 0 heterocycles. The number of non-ortho nitro benzene ring substituents is 1. The first-order valence-corrected chi connectivity index (χ1v) is 8.95. The molecule has 0 aliphatic rings. The van der Waals surface area contributed by atoms with Crippen molar-refractivity contribution in [1.29, 1.82) is 0 Å². The smallest absolute Gasteiger partial charge is 0.269 e. The number of methoxy groups -OCH3 is 1. The van der Waals surface area contributed by atoms with Crippen molar-refractivity contribution in [3.05, 3.63) is 93.0 Å². The van der Waals surface area contributed by atoms with Crippen LogP contribution in [0, 0.1) is 10.1 Å². The zero-order chi connectivity index (χ0) is 20.8. The summed E-state index contributed by atoms with van der Waals surface area (Å²) in [6, 6.07) is 17.7. The fourth-order valence-corrected chi connectivity index (χ4v) is 2.67. The van der Waals surface area contributed by atoms with E-state index in [1.807, 2.05) is 12.1 Å². The van der Waals surface area contributed by atoms with Crippen molar-refractivity contribution in [2.24, 2.45) is 0 Å². The molecule has 0 spiro atoms. The van der Waals surface area contributed by atoms with Gasteiger partial charge in [0.2, 0.25) is 0 Å². The Morgan fingerprint density at radius 1 is 1.03 bits per heavy atom. The second-order valence-corrected chi connectivity index (χ2v) is 6.48. The lowest BCUT2D eigenvalue weighted by atomic mass is 10.1. The Morgan fingerprint density at radius 3 is 2.34 bits per heavy atom. The molecule has 0 aliphatic carbocycles. The topological polar surface area (TPSA) is 90.7 Å². The van der Waals surface area contributed by atoms with Crippen LogP contribution in [0.3, 0.4) is 0 Å². The van der Waals surface area contributed by atoms with Gasteiger partial charge in [-0.2, -0.15) is 0 Å². The Kier molecular flexibility index (Phi) is 6.31. The SMILES string of the molecule is COc1cc(C(=O)Nc2ccc([N+](=O)[O-])cc2)ccc1OCc1ccc(Cl)cc1. The number of nitro benzene ring substituents is 1. The van der Waals surface area contributed by atoms with E-state index in [9.17, 15) is 14.9 Å². The maximum absolute atomic E-state index is 12.5. The molecule has 8 heteroatoms. The van der Waals surface area contributed by atoms with Gasteiger partial charge >= 0.3 is 0 Å². The molecule has 1 N–H and O–H groups in total. The van der Waals surface area contributed by atoms with Gasteiger partial charge in [-0.05, 0) is 48.0 Å². The van der Waals surface area contributed by atoms with Crippen LogP contribution in [0.1, 0.15) is 15.9 Å². The van der Waals surface area contributed by atoms with E-state index in [0.717, 1.165) is 5.56 Å². The van der Waals surface area contributed by atoms with Crippen LogP contribution in [-0.4, -0.2) is 17.9 Å². The van der Waals surface area contributed by atoms with Crippen LogP contribution in [0.25, 0.3) is 0 Å². The third-order valence-electron chi connectivity index (χ3n) is 4.07. The second kappa shape index (κ2) is 9.07. The Bertz CT molecular complexity index is 1020. The standard InChI is InChI=1S/C21H17ClN2O5/c1-28-20-12-15(21(25)23-17-7-9-18(10-8-17)24(26)27)4-11-19(20)29-13-14-2-5-16(22)6-3-14/h2-12H,13H2,1H3,(H,23,25). The lowest BCUT2D eigenvalue weighted by molar-refractivity contribution is -0.384. The van der Waals surface area contributed by atoms with Crippen molar-refractivity contribution in [3.8, 4) is 11.5 Å². The average molecular weight is 413 g/mol. The molecular formula is C21H17ClN2O5. The molecule has 0 bridgehead atoms. The number of carbonyl (C=O) groups is 1. The number of nitrogens with one attached hydrogen (secondary N) is 1. The molecule has 0 saturated heterocycles. The average Bonchev–Trinajstić information content (AvgIpc) is 2.73. The minimum atomic E-state index is -0.501. The Morgan fingerprint density at radius 2 is 1.72 bits per heavy atom. The molecule has 1 amide bonds. The summed E-state index contributed by atoms with van der Waals surface area (Å²) < 4.78 is 11.1. The van der Waals surface area contributed by atoms with Crippen LogP contribution in [0.4, 0.5) is 11.4 Å². The van der Waals surface area contributed by atoms with Crippen molar-refractivity contribution in [3.63, 3.8) is 0 Å². The van der Waals surface area contributed by atoms with Gasteiger partial charge in [-0.15, -0.1) is 0 Å². The number of rotatable bonds is 7. The number of carbonyl (C=O) groups excluding carboxylic acids is 1. The third kappa shape index (κ3) is 5.24. The molecule has 3 rings (SSSR count). The highest BCUT2D eigenvalue weighted by Crippen LogP contribution is 2.29. The van der Waals surface area contributed by atoms with Gasteiger partial charge in [0.15, 0.2) is 11.5 Å². The van der Waals surface area contributed by atoms with Crippen LogP contribution in [0.15, 0.2) is 66.7 Å². The molecule has 3 aromatic rings. The summed E-state index contributed by atoms with van der Waals surface area (Å²) in [7, 11) is 1.49. The number of amides is 1. The highest BCUT2D eigenvalue weighted by molar-refractivity contribution is 6.30. The van der Waals surface area contributed by atoms with Crippen molar-refractivity contribution in [1.82, 2.24) is 0 Å². The first-order chi connectivity index (χ1) is 14.0. The zero-order valence-corrected chi connectivity index (χ0v) is 16.2. The first-order valence-electron chi connectivity index (χ1n) is 8.57. The summed E-state index contributed by atoms with van der Waals surface area (Å²) in [5, 5.41) is 14.0. The van der Waals surface area contributed by atoms with Gasteiger partial charge in [0.25, 0.3) is 11.6 Å². The van der Waals surface area contributed by atoms with E-state index < -0.39 is 4.92 Å². The summed E-state index contributed by atoms with van der Waals surface area (Å²) in [6.07, 6.45) is 0. The normalized spacial score (nSPS) is 10.3. The molecule has 29 heavy (non-hydrogen) atoms. The van der Waals surface area contributed by atoms with E-state index in [4.69, 9.17) is 21.1 Å². The van der Waals surface area contributed by atoms with Gasteiger partial charge in [0.1, 0.15) is 6.61 Å². The lowest BCUT2D eigenvalue weighted by Crippen LogP contribution is -2.12. The molecular weight excluding hydrogens is 396 g/mol. The van der Waals surface area contributed by atoms with Crippen LogP contribution in [0.5, 0.6) is 11.5 Å². The summed E-state index contributed by atoms with van der Waals surface area (Å²) in [6.45, 7) is 0.321. The molecule has 0 aromatic heterocycles. The summed E-state index contributed by atoms with van der Waals surface area (Å²) in [4.78, 5) is 22.7. The van der Waals surface area contributed by atoms with Gasteiger partial charge in [-0.3, -0.25) is 14.9 Å². The minimum absolute atomic E-state index is 0.0492. The second-order valence-electron chi connectivity index (χ2n) is 6.04. The van der Waals surface area contributed by atoms with E-state index in [1.54, 1.807) is 30.3 Å². The van der Waals surface area contributed by atoms with E-state index in [0.29, 0.717) is 34.4 Å². The molecule has 7 nitrogen and oxygen atoms in total. The highest BCUT2D eigenvalue weighted by Gasteiger charge is 2.13. The fourth-order valence-electron chi connectivity index (χ4n) is 2.54. The number of nitrogens with zero attached hydrogens (tertiary/aromatic N) is 1. The molecule has 148 valence electrons. The predicted octanol–water partition coefficient (Wildman–Crippen LogP) is 5.09. The van der Waals surface area contributed by atoms with E-state index in [-0.39, 0.29) is 11.6 Å². The van der Waals surface area contributed by atoms with Crippen LogP contribution in [-0.2, 0) is 6.61 Å². The number of nitro groups is 1. The molecule has 0 unspecified atom stereocenters. The maximum atomic E-state index is 12.5. The van der Waals surface area contributed by atoms with E-state index in [1.165, 1.54) is 31.4 Å². The van der Waals surface area contributed by atoms with E-state index >= 15 is 0 Å². The van der Waals surface area contributed by atoms with Gasteiger partial charge in [0, 0.05) is 28.4 Å². The number of halogens is 1. The van der Waals surface area contributed by atoms with Gasteiger partial charge in [-0.1, -0.05) is 23.7 Å². The third-order valence-corrected chi connectivity index (χ3v) is 4.32. The number of benzene rings is 3. The van der Waals surface area contributed by atoms with Gasteiger partial charge in [0.05, 0.1) is 12.0 Å². The highest BCUT2D eigenvalue weighted by atomic mass is 35.5. The molecule has 0 aliphatic heterocycles. The van der Waals surface area contributed by atoms with Crippen LogP contribution < -0.4 is 14.8 Å². The number of anilines is 1. The molecule has 0 atom stereocenters. The zero-order valence-electron chi connectivity index (χ0n) is 15.4. The van der Waals surface area contributed by atoms with Crippen molar-refractivity contribution in [2.75, 3.05) is 12.4 Å². The Balaban J connectivity index is 1.69. The molecule has 3 aromatic carbocycles. The van der Waals surface area contributed by atoms with Gasteiger partial charge < -0.3 is 14.8 Å². The molecule has 0 saturated carbocycles. The quantitative estimate of drug-likeness (QED) is 0.431. The fraction of sp³-hybridized carbons (Fsp3) is 0.0952. The largest absolute Gasteiger partial charge is 0.493 e. The minimum Gasteiger partial charge on any atom is -0.493 e. The van der Waals surface area contributed by atoms with Crippen LogP contribution in [0.2, 0.25) is 5.02 Å². The van der Waals surface area contributed by atoms with Crippen molar-refractivity contribution in [2.45, 2.75) is 6.61 Å². The number of hydrogen-bond donors (Lipinski definition) is 1. The Hall–Kier alpha value is -3.58.